The van der Waals surface area contributed by atoms with Crippen LogP contribution in [0.2, 0.25) is 10.0 Å². The number of carboxylic acid groups (broad SMARTS) is 1. The van der Waals surface area contributed by atoms with Crippen molar-refractivity contribution in [2.45, 2.75) is 17.9 Å². The molecule has 0 aromatic heterocycles. The SMILES string of the molecule is C[C@H](NS(=O)(=O)c1cccc(Cl)c1Cl)C(=O)O. The lowest BCUT2D eigenvalue weighted by Gasteiger charge is -2.11. The van der Waals surface area contributed by atoms with Gasteiger partial charge in [-0.05, 0) is 19.1 Å². The highest BCUT2D eigenvalue weighted by molar-refractivity contribution is 7.89. The van der Waals surface area contributed by atoms with E-state index in [4.69, 9.17) is 28.3 Å². The van der Waals surface area contributed by atoms with Crippen LogP contribution in [0.25, 0.3) is 0 Å². The van der Waals surface area contributed by atoms with Gasteiger partial charge in [-0.15, -0.1) is 0 Å². The molecule has 0 amide bonds. The second-order valence-electron chi connectivity index (χ2n) is 3.23. The van der Waals surface area contributed by atoms with Crippen LogP contribution in [0.5, 0.6) is 0 Å². The normalized spacial score (nSPS) is 13.4. The van der Waals surface area contributed by atoms with Crippen molar-refractivity contribution >= 4 is 39.2 Å². The molecule has 0 heterocycles. The molecule has 0 fully saturated rings. The summed E-state index contributed by atoms with van der Waals surface area (Å²) in [5, 5.41) is 8.57. The number of benzene rings is 1. The minimum Gasteiger partial charge on any atom is -0.480 e. The summed E-state index contributed by atoms with van der Waals surface area (Å²) in [5.41, 5.74) is 0. The van der Waals surface area contributed by atoms with Crippen LogP contribution >= 0.6 is 23.2 Å². The van der Waals surface area contributed by atoms with Crippen LogP contribution in [-0.4, -0.2) is 25.5 Å². The maximum atomic E-state index is 11.8. The lowest BCUT2D eigenvalue weighted by molar-refractivity contribution is -0.138. The Morgan fingerprint density at radius 1 is 1.41 bits per heavy atom. The van der Waals surface area contributed by atoms with Crippen molar-refractivity contribution in [2.24, 2.45) is 0 Å². The van der Waals surface area contributed by atoms with Crippen molar-refractivity contribution in [3.63, 3.8) is 0 Å². The number of hydrogen-bond donors (Lipinski definition) is 2. The van der Waals surface area contributed by atoms with Crippen LogP contribution in [0, 0.1) is 0 Å². The molecule has 0 aliphatic heterocycles. The van der Waals surface area contributed by atoms with Gasteiger partial charge >= 0.3 is 5.97 Å². The van der Waals surface area contributed by atoms with Gasteiger partial charge < -0.3 is 5.11 Å². The fraction of sp³-hybridized carbons (Fsp3) is 0.222. The summed E-state index contributed by atoms with van der Waals surface area (Å²) in [5.74, 6) is -1.29. The Hall–Kier alpha value is -0.820. The number of rotatable bonds is 4. The van der Waals surface area contributed by atoms with Crippen LogP contribution in [-0.2, 0) is 14.8 Å². The Morgan fingerprint density at radius 2 is 2.00 bits per heavy atom. The van der Waals surface area contributed by atoms with Crippen molar-refractivity contribution in [1.29, 1.82) is 0 Å². The number of carboxylic acids is 1. The molecule has 0 bridgehead atoms. The third-order valence-electron chi connectivity index (χ3n) is 1.91. The van der Waals surface area contributed by atoms with Gasteiger partial charge in [0.25, 0.3) is 0 Å². The molecule has 0 spiro atoms. The quantitative estimate of drug-likeness (QED) is 0.887. The molecule has 0 aliphatic rings. The van der Waals surface area contributed by atoms with Gasteiger partial charge in [-0.1, -0.05) is 29.3 Å². The predicted octanol–water partition coefficient (Wildman–Crippen LogP) is 1.74. The van der Waals surface area contributed by atoms with Gasteiger partial charge in [-0.25, -0.2) is 8.42 Å². The zero-order valence-electron chi connectivity index (χ0n) is 8.65. The Balaban J connectivity index is 3.14. The van der Waals surface area contributed by atoms with Gasteiger partial charge in [-0.2, -0.15) is 4.72 Å². The van der Waals surface area contributed by atoms with Gasteiger partial charge in [0.1, 0.15) is 10.9 Å². The number of aliphatic carboxylic acids is 1. The van der Waals surface area contributed by atoms with Gasteiger partial charge in [-0.3, -0.25) is 4.79 Å². The standard InChI is InChI=1S/C9H9Cl2NO4S/c1-5(9(13)14)12-17(15,16)7-4-2-3-6(10)8(7)11/h2-5,12H,1H3,(H,13,14)/t5-/m0/s1. The highest BCUT2D eigenvalue weighted by atomic mass is 35.5. The first-order chi connectivity index (χ1) is 7.75. The second kappa shape index (κ2) is 5.22. The molecular formula is C9H9Cl2NO4S. The fourth-order valence-electron chi connectivity index (χ4n) is 1.04. The lowest BCUT2D eigenvalue weighted by Crippen LogP contribution is -2.38. The van der Waals surface area contributed by atoms with E-state index in [9.17, 15) is 13.2 Å². The van der Waals surface area contributed by atoms with Crippen molar-refractivity contribution < 1.29 is 18.3 Å². The summed E-state index contributed by atoms with van der Waals surface area (Å²) in [6.07, 6.45) is 0. The molecule has 1 rings (SSSR count). The summed E-state index contributed by atoms with van der Waals surface area (Å²) < 4.78 is 25.6. The summed E-state index contributed by atoms with van der Waals surface area (Å²) in [6.45, 7) is 1.21. The lowest BCUT2D eigenvalue weighted by atomic mass is 10.4. The number of sulfonamides is 1. The second-order valence-corrected chi connectivity index (χ2v) is 5.70. The van der Waals surface area contributed by atoms with Crippen LogP contribution < -0.4 is 4.72 Å². The average molecular weight is 298 g/mol. The molecule has 17 heavy (non-hydrogen) atoms. The van der Waals surface area contributed by atoms with E-state index in [-0.39, 0.29) is 14.9 Å². The van der Waals surface area contributed by atoms with E-state index in [1.165, 1.54) is 25.1 Å². The highest BCUT2D eigenvalue weighted by Crippen LogP contribution is 2.28. The number of nitrogens with one attached hydrogen (secondary N) is 1. The zero-order chi connectivity index (χ0) is 13.2. The molecule has 0 unspecified atom stereocenters. The first-order valence-corrected chi connectivity index (χ1v) is 6.69. The van der Waals surface area contributed by atoms with Crippen molar-refractivity contribution in [2.75, 3.05) is 0 Å². The number of hydrogen-bond acceptors (Lipinski definition) is 3. The number of halogens is 2. The third kappa shape index (κ3) is 3.32. The molecule has 0 saturated heterocycles. The zero-order valence-corrected chi connectivity index (χ0v) is 11.0. The molecule has 0 saturated carbocycles. The molecule has 2 N–H and O–H groups in total. The Morgan fingerprint density at radius 3 is 2.53 bits per heavy atom. The van der Waals surface area contributed by atoms with Crippen molar-refractivity contribution in [1.82, 2.24) is 4.72 Å². The van der Waals surface area contributed by atoms with Crippen LogP contribution in [0.1, 0.15) is 6.92 Å². The smallest absolute Gasteiger partial charge is 0.321 e. The van der Waals surface area contributed by atoms with Crippen LogP contribution in [0.15, 0.2) is 23.1 Å². The topological polar surface area (TPSA) is 83.5 Å². The van der Waals surface area contributed by atoms with E-state index in [0.717, 1.165) is 0 Å². The maximum absolute atomic E-state index is 11.8. The Labute approximate surface area is 108 Å². The Kier molecular flexibility index (Phi) is 4.37. The largest absolute Gasteiger partial charge is 0.480 e. The third-order valence-corrected chi connectivity index (χ3v) is 4.42. The molecule has 1 aromatic rings. The van der Waals surface area contributed by atoms with E-state index in [1.54, 1.807) is 0 Å². The predicted molar refractivity (Wildman–Crippen MR) is 63.9 cm³/mol. The molecular weight excluding hydrogens is 289 g/mol. The maximum Gasteiger partial charge on any atom is 0.321 e. The van der Waals surface area contributed by atoms with Gasteiger partial charge in [0.05, 0.1) is 10.0 Å². The van der Waals surface area contributed by atoms with Crippen molar-refractivity contribution in [3.05, 3.63) is 28.2 Å². The van der Waals surface area contributed by atoms with Crippen LogP contribution in [0.4, 0.5) is 0 Å². The Bertz CT molecular complexity index is 544. The van der Waals surface area contributed by atoms with E-state index in [1.807, 2.05) is 4.72 Å². The fourth-order valence-corrected chi connectivity index (χ4v) is 3.00. The summed E-state index contributed by atoms with van der Waals surface area (Å²) >= 11 is 11.4. The monoisotopic (exact) mass is 297 g/mol. The van der Waals surface area contributed by atoms with E-state index < -0.39 is 22.0 Å². The molecule has 8 heteroatoms. The minimum absolute atomic E-state index is 0.0810. The van der Waals surface area contributed by atoms with Gasteiger partial charge in [0, 0.05) is 0 Å². The molecule has 0 aliphatic carbocycles. The highest BCUT2D eigenvalue weighted by Gasteiger charge is 2.24. The molecule has 1 aromatic carbocycles. The van der Waals surface area contributed by atoms with Crippen molar-refractivity contribution in [3.8, 4) is 0 Å². The molecule has 1 atom stereocenters. The summed E-state index contributed by atoms with van der Waals surface area (Å²) in [4.78, 5) is 10.3. The van der Waals surface area contributed by atoms with Crippen LogP contribution in [0.3, 0.4) is 0 Å². The summed E-state index contributed by atoms with van der Waals surface area (Å²) in [6, 6.07) is 2.83. The first kappa shape index (κ1) is 14.2. The number of carbonyl (C=O) groups is 1. The van der Waals surface area contributed by atoms with E-state index >= 15 is 0 Å². The molecule has 5 nitrogen and oxygen atoms in total. The molecule has 0 radical (unpaired) electrons. The van der Waals surface area contributed by atoms with E-state index in [0.29, 0.717) is 0 Å². The van der Waals surface area contributed by atoms with Gasteiger partial charge in [0.15, 0.2) is 0 Å². The first-order valence-electron chi connectivity index (χ1n) is 4.45. The van der Waals surface area contributed by atoms with Gasteiger partial charge in [0.2, 0.25) is 10.0 Å². The summed E-state index contributed by atoms with van der Waals surface area (Å²) in [7, 11) is -4.00. The van der Waals surface area contributed by atoms with E-state index in [2.05, 4.69) is 0 Å². The average Bonchev–Trinajstić information content (AvgIpc) is 2.21. The molecule has 94 valence electrons. The minimum atomic E-state index is -4.00.